The van der Waals surface area contributed by atoms with E-state index in [2.05, 4.69) is 109 Å². The van der Waals surface area contributed by atoms with Crippen LogP contribution in [0.4, 0.5) is 0 Å². The Kier molecular flexibility index (Phi) is 10.7. The Morgan fingerprint density at radius 2 is 1.03 bits per heavy atom. The van der Waals surface area contributed by atoms with E-state index in [1.54, 1.807) is 0 Å². The molecule has 2 unspecified atom stereocenters. The summed E-state index contributed by atoms with van der Waals surface area (Å²) < 4.78 is 0. The van der Waals surface area contributed by atoms with Gasteiger partial charge >= 0.3 is 0 Å². The van der Waals surface area contributed by atoms with Crippen molar-refractivity contribution < 1.29 is 4.79 Å². The minimum absolute atomic E-state index is 0.0756. The van der Waals surface area contributed by atoms with Gasteiger partial charge in [-0.15, -0.1) is 5.11 Å². The second-order valence-corrected chi connectivity index (χ2v) is 9.70. The van der Waals surface area contributed by atoms with Gasteiger partial charge in [-0.05, 0) is 44.4 Å². The third kappa shape index (κ3) is 8.94. The minimum atomic E-state index is -0.122. The highest BCUT2D eigenvalue weighted by Crippen LogP contribution is 2.24. The van der Waals surface area contributed by atoms with Gasteiger partial charge in [0.25, 0.3) is 12.5 Å². The van der Waals surface area contributed by atoms with Gasteiger partial charge in [0, 0.05) is 12.0 Å². The molecule has 0 heterocycles. The molecule has 0 spiro atoms. The van der Waals surface area contributed by atoms with Crippen molar-refractivity contribution in [3.63, 3.8) is 0 Å². The molecular weight excluding hydrogens is 466 g/mol. The van der Waals surface area contributed by atoms with Crippen LogP contribution in [0.3, 0.4) is 0 Å². The van der Waals surface area contributed by atoms with Gasteiger partial charge in [-0.1, -0.05) is 119 Å². The van der Waals surface area contributed by atoms with Gasteiger partial charge < -0.3 is 4.85 Å². The molecule has 0 aliphatic carbocycles. The van der Waals surface area contributed by atoms with Crippen molar-refractivity contribution in [1.29, 1.82) is 0 Å². The predicted octanol–water partition coefficient (Wildman–Crippen LogP) is 8.70. The second-order valence-electron chi connectivity index (χ2n) is 9.70. The van der Waals surface area contributed by atoms with Crippen molar-refractivity contribution in [1.82, 2.24) is 0 Å². The lowest BCUT2D eigenvalue weighted by atomic mass is 9.98. The van der Waals surface area contributed by atoms with E-state index in [1.165, 1.54) is 33.4 Å². The summed E-state index contributed by atoms with van der Waals surface area (Å²) in [4.78, 5) is 14.2. The first-order valence-electron chi connectivity index (χ1n) is 12.8. The number of aryl methyl sites for hydroxylation is 4. The maximum atomic E-state index is 10.4. The van der Waals surface area contributed by atoms with E-state index in [0.29, 0.717) is 6.41 Å². The molecule has 0 N–H and O–H groups in total. The molecule has 0 saturated heterocycles. The lowest BCUT2D eigenvalue weighted by molar-refractivity contribution is -0.107. The molecule has 0 aromatic heterocycles. The van der Waals surface area contributed by atoms with Crippen molar-refractivity contribution in [2.45, 2.75) is 52.6 Å². The molecule has 4 aromatic rings. The largest absolute Gasteiger partial charge is 0.308 e. The van der Waals surface area contributed by atoms with E-state index in [0.717, 1.165) is 24.0 Å². The van der Waals surface area contributed by atoms with Gasteiger partial charge in [0.05, 0.1) is 6.42 Å². The number of amides is 1. The first-order valence-corrected chi connectivity index (χ1v) is 12.8. The summed E-state index contributed by atoms with van der Waals surface area (Å²) in [5.74, 6) is 0. The highest BCUT2D eigenvalue weighted by Gasteiger charge is 2.16. The molecule has 4 rings (SSSR count). The fraction of sp³-hybridized carbons (Fsp3) is 0.235. The molecule has 0 aliphatic heterocycles. The molecule has 4 heteroatoms. The van der Waals surface area contributed by atoms with Gasteiger partial charge in [0.15, 0.2) is 0 Å². The topological polar surface area (TPSA) is 46.1 Å². The molecule has 4 nitrogen and oxygen atoms in total. The number of nitrogens with zero attached hydrogens (tertiary/aromatic N) is 3. The summed E-state index contributed by atoms with van der Waals surface area (Å²) in [6.07, 6.45) is 2.00. The first-order chi connectivity index (χ1) is 18.4. The van der Waals surface area contributed by atoms with Crippen molar-refractivity contribution >= 4 is 6.41 Å². The number of rotatable bonds is 8. The average molecular weight is 502 g/mol. The molecule has 1 amide bonds. The second kappa shape index (κ2) is 14.4. The van der Waals surface area contributed by atoms with Crippen molar-refractivity contribution in [3.05, 3.63) is 153 Å². The van der Waals surface area contributed by atoms with Crippen LogP contribution in [-0.2, 0) is 17.6 Å². The summed E-state index contributed by atoms with van der Waals surface area (Å²) in [5.41, 5.74) is 9.52. The highest BCUT2D eigenvalue weighted by atomic mass is 16.1. The lowest BCUT2D eigenvalue weighted by Crippen LogP contribution is -2.00. The zero-order valence-electron chi connectivity index (χ0n) is 22.6. The molecule has 2 atom stereocenters. The van der Waals surface area contributed by atoms with Crippen LogP contribution in [0.1, 0.15) is 56.6 Å². The Balaban J connectivity index is 0.000000212. The van der Waals surface area contributed by atoms with Crippen molar-refractivity contribution in [3.8, 4) is 0 Å². The summed E-state index contributed by atoms with van der Waals surface area (Å²) >= 11 is 0. The summed E-state index contributed by atoms with van der Waals surface area (Å²) in [5, 5.41) is 7.65. The summed E-state index contributed by atoms with van der Waals surface area (Å²) in [6.45, 7) is 15.6. The quantitative estimate of drug-likeness (QED) is 0.135. The van der Waals surface area contributed by atoms with Crippen LogP contribution in [-0.4, -0.2) is 6.41 Å². The Morgan fingerprint density at radius 1 is 0.632 bits per heavy atom. The fourth-order valence-corrected chi connectivity index (χ4v) is 4.04. The molecule has 0 radical (unpaired) electrons. The zero-order valence-corrected chi connectivity index (χ0v) is 22.6. The third-order valence-corrected chi connectivity index (χ3v) is 6.43. The van der Waals surface area contributed by atoms with Gasteiger partial charge in [-0.3, -0.25) is 4.79 Å². The Morgan fingerprint density at radius 3 is 1.45 bits per heavy atom. The van der Waals surface area contributed by atoms with Crippen LogP contribution < -0.4 is 0 Å². The molecule has 0 bridgehead atoms. The van der Waals surface area contributed by atoms with E-state index in [4.69, 9.17) is 6.57 Å². The molecule has 192 valence electrons. The van der Waals surface area contributed by atoms with E-state index >= 15 is 0 Å². The predicted molar refractivity (Wildman–Crippen MR) is 155 cm³/mol. The highest BCUT2D eigenvalue weighted by molar-refractivity contribution is 5.46. The molecule has 38 heavy (non-hydrogen) atoms. The average Bonchev–Trinajstić information content (AvgIpc) is 2.93. The van der Waals surface area contributed by atoms with Crippen LogP contribution >= 0.6 is 0 Å². The summed E-state index contributed by atoms with van der Waals surface area (Å²) in [7, 11) is 0. The monoisotopic (exact) mass is 501 g/mol. The Labute approximate surface area is 226 Å². The van der Waals surface area contributed by atoms with E-state index < -0.39 is 0 Å². The van der Waals surface area contributed by atoms with E-state index in [-0.39, 0.29) is 12.1 Å². The Bertz CT molecular complexity index is 1350. The number of azo groups is 1. The number of benzene rings is 4. The van der Waals surface area contributed by atoms with Gasteiger partial charge in [0.1, 0.15) is 6.04 Å². The summed E-state index contributed by atoms with van der Waals surface area (Å²) in [6, 6.07) is 33.0. The van der Waals surface area contributed by atoms with Crippen LogP contribution in [0.25, 0.3) is 4.85 Å². The standard InChI is InChI=1S/C17H18N2O.C17H17N/c1-13-3-7-15(8-4-13)11-17(19-18-12-20)16-9-5-14(2)6-10-16;1-13-4-8-15(9-5-13)12-17(18-3)16-10-6-14(2)7-11-16/h3-10,12,17H,11H2,1-2H3;4-11,17H,12H2,1-2H3. The molecule has 0 fully saturated rings. The van der Waals surface area contributed by atoms with Crippen LogP contribution in [0.2, 0.25) is 0 Å². The SMILES string of the molecule is Cc1ccc(CC(N=NC=O)c2ccc(C)cc2)cc1.[C-]#[N+]C(Cc1ccc(C)cc1)c1ccc(C)cc1. The van der Waals surface area contributed by atoms with E-state index in [9.17, 15) is 4.79 Å². The molecule has 0 aliphatic rings. The van der Waals surface area contributed by atoms with Crippen molar-refractivity contribution in [2.24, 2.45) is 10.2 Å². The smallest absolute Gasteiger partial charge is 0.252 e. The lowest BCUT2D eigenvalue weighted by Gasteiger charge is -2.12. The normalized spacial score (nSPS) is 12.2. The van der Waals surface area contributed by atoms with Crippen molar-refractivity contribution in [2.75, 3.05) is 0 Å². The third-order valence-electron chi connectivity index (χ3n) is 6.43. The van der Waals surface area contributed by atoms with Gasteiger partial charge in [-0.2, -0.15) is 5.11 Å². The zero-order chi connectivity index (χ0) is 27.3. The van der Waals surface area contributed by atoms with Crippen LogP contribution in [0, 0.1) is 34.3 Å². The maximum absolute atomic E-state index is 10.4. The number of carbonyl (C=O) groups is 1. The minimum Gasteiger partial charge on any atom is -0.308 e. The first kappa shape index (κ1) is 28.2. The maximum Gasteiger partial charge on any atom is 0.252 e. The Hall–Kier alpha value is -4.36. The molecule has 0 saturated carbocycles. The van der Waals surface area contributed by atoms with Gasteiger partial charge in [0.2, 0.25) is 0 Å². The van der Waals surface area contributed by atoms with Crippen LogP contribution in [0.5, 0.6) is 0 Å². The fourth-order valence-electron chi connectivity index (χ4n) is 4.04. The molecular formula is C34H35N3O. The number of hydrogen-bond acceptors (Lipinski definition) is 2. The number of carbonyl (C=O) groups excluding carboxylic acids is 1. The molecule has 4 aromatic carbocycles. The number of hydrogen-bond donors (Lipinski definition) is 0. The van der Waals surface area contributed by atoms with E-state index in [1.807, 2.05) is 31.2 Å². The van der Waals surface area contributed by atoms with Crippen LogP contribution in [0.15, 0.2) is 107 Å². The van der Waals surface area contributed by atoms with Gasteiger partial charge in [-0.25, -0.2) is 6.57 Å².